The number of hydrazine groups is 1. The van der Waals surface area contributed by atoms with E-state index in [1.807, 2.05) is 31.2 Å². The summed E-state index contributed by atoms with van der Waals surface area (Å²) in [4.78, 5) is 24.3. The minimum Gasteiger partial charge on any atom is -0.268 e. The van der Waals surface area contributed by atoms with Crippen molar-refractivity contribution in [3.63, 3.8) is 0 Å². The van der Waals surface area contributed by atoms with Crippen LogP contribution >= 0.6 is 0 Å². The van der Waals surface area contributed by atoms with Gasteiger partial charge >= 0.3 is 0 Å². The summed E-state index contributed by atoms with van der Waals surface area (Å²) in [5, 5.41) is 0. The Bertz CT molecular complexity index is 1010. The maximum Gasteiger partial charge on any atom is 0.269 e. The van der Waals surface area contributed by atoms with Crippen molar-refractivity contribution in [2.24, 2.45) is 0 Å². The Morgan fingerprint density at radius 2 is 1.69 bits per heavy atom. The fraction of sp³-hybridized carbons (Fsp3) is 0.238. The van der Waals surface area contributed by atoms with E-state index in [2.05, 4.69) is 10.9 Å². The van der Waals surface area contributed by atoms with Gasteiger partial charge in [-0.15, -0.1) is 0 Å². The van der Waals surface area contributed by atoms with Crippen molar-refractivity contribution in [3.8, 4) is 0 Å². The number of carbonyl (C=O) groups excluding carboxylic acids is 2. The lowest BCUT2D eigenvalue weighted by atomic mass is 10.1. The van der Waals surface area contributed by atoms with Crippen LogP contribution in [0.15, 0.2) is 59.5 Å². The Labute approximate surface area is 171 Å². The van der Waals surface area contributed by atoms with Crippen molar-refractivity contribution in [2.45, 2.75) is 25.7 Å². The molecule has 2 aromatic carbocycles. The van der Waals surface area contributed by atoms with Crippen LogP contribution in [0.25, 0.3) is 6.08 Å². The van der Waals surface area contributed by atoms with E-state index in [0.29, 0.717) is 13.1 Å². The van der Waals surface area contributed by atoms with Crippen LogP contribution in [-0.2, 0) is 14.8 Å². The molecule has 29 heavy (non-hydrogen) atoms. The summed E-state index contributed by atoms with van der Waals surface area (Å²) < 4.78 is 26.5. The highest BCUT2D eigenvalue weighted by Crippen LogP contribution is 2.17. The van der Waals surface area contributed by atoms with Gasteiger partial charge < -0.3 is 0 Å². The number of hydrogen-bond acceptors (Lipinski definition) is 4. The van der Waals surface area contributed by atoms with Gasteiger partial charge in [0, 0.05) is 24.7 Å². The fourth-order valence-corrected chi connectivity index (χ4v) is 4.19. The van der Waals surface area contributed by atoms with E-state index in [1.165, 1.54) is 34.6 Å². The van der Waals surface area contributed by atoms with Crippen molar-refractivity contribution < 1.29 is 18.0 Å². The lowest BCUT2D eigenvalue weighted by Crippen LogP contribution is -2.40. The van der Waals surface area contributed by atoms with Gasteiger partial charge in [-0.25, -0.2) is 8.42 Å². The maximum atomic E-state index is 12.6. The molecule has 2 amide bonds. The number of sulfonamides is 1. The Kier molecular flexibility index (Phi) is 7.69. The first-order valence-electron chi connectivity index (χ1n) is 9.23. The fourth-order valence-electron chi connectivity index (χ4n) is 2.68. The molecule has 0 saturated heterocycles. The Balaban J connectivity index is 2.04. The van der Waals surface area contributed by atoms with E-state index in [4.69, 9.17) is 0 Å². The third kappa shape index (κ3) is 5.75. The van der Waals surface area contributed by atoms with E-state index >= 15 is 0 Å². The van der Waals surface area contributed by atoms with Gasteiger partial charge in [0.1, 0.15) is 0 Å². The van der Waals surface area contributed by atoms with Gasteiger partial charge in [0.25, 0.3) is 11.8 Å². The maximum absolute atomic E-state index is 12.6. The molecular weight excluding hydrogens is 390 g/mol. The lowest BCUT2D eigenvalue weighted by Gasteiger charge is -2.18. The number of benzene rings is 2. The molecule has 7 nitrogen and oxygen atoms in total. The molecular formula is C21H25N3O4S. The molecule has 2 aromatic rings. The van der Waals surface area contributed by atoms with Gasteiger partial charge in [-0.05, 0) is 42.3 Å². The van der Waals surface area contributed by atoms with E-state index in [9.17, 15) is 18.0 Å². The summed E-state index contributed by atoms with van der Waals surface area (Å²) >= 11 is 0. The predicted octanol–water partition coefficient (Wildman–Crippen LogP) is 2.50. The second kappa shape index (κ2) is 9.99. The molecule has 0 aliphatic carbocycles. The van der Waals surface area contributed by atoms with Gasteiger partial charge in [-0.1, -0.05) is 44.2 Å². The highest BCUT2D eigenvalue weighted by molar-refractivity contribution is 7.89. The molecule has 0 heterocycles. The zero-order valence-corrected chi connectivity index (χ0v) is 17.5. The summed E-state index contributed by atoms with van der Waals surface area (Å²) in [6, 6.07) is 13.3. The third-order valence-corrected chi connectivity index (χ3v) is 6.39. The van der Waals surface area contributed by atoms with Gasteiger partial charge in [0.15, 0.2) is 0 Å². The van der Waals surface area contributed by atoms with Crippen LogP contribution in [0.2, 0.25) is 0 Å². The topological polar surface area (TPSA) is 95.6 Å². The standard InChI is InChI=1S/C21H25N3O4S/c1-4-24(5-2)29(27,28)19-12-8-11-18(15-19)21(26)23-22-20(25)14-13-17-10-7-6-9-16(17)3/h6-15H,4-5H2,1-3H3,(H,22,25)(H,23,26)/b14-13+. The molecule has 0 spiro atoms. The average molecular weight is 416 g/mol. The molecule has 0 fully saturated rings. The normalized spacial score (nSPS) is 11.6. The Hall–Kier alpha value is -2.97. The van der Waals surface area contributed by atoms with Crippen LogP contribution in [0.4, 0.5) is 0 Å². The van der Waals surface area contributed by atoms with Gasteiger partial charge in [-0.3, -0.25) is 20.4 Å². The molecule has 0 aliphatic rings. The number of rotatable bonds is 7. The van der Waals surface area contributed by atoms with Crippen LogP contribution in [0, 0.1) is 6.92 Å². The van der Waals surface area contributed by atoms with E-state index in [1.54, 1.807) is 19.9 Å². The zero-order valence-electron chi connectivity index (χ0n) is 16.7. The monoisotopic (exact) mass is 415 g/mol. The molecule has 154 valence electrons. The molecule has 0 bridgehead atoms. The minimum atomic E-state index is -3.68. The molecule has 2 N–H and O–H groups in total. The molecule has 0 unspecified atom stereocenters. The zero-order chi connectivity index (χ0) is 21.4. The Morgan fingerprint density at radius 1 is 1.00 bits per heavy atom. The molecule has 0 aromatic heterocycles. The van der Waals surface area contributed by atoms with Gasteiger partial charge in [0.2, 0.25) is 10.0 Å². The highest BCUT2D eigenvalue weighted by atomic mass is 32.2. The van der Waals surface area contributed by atoms with Gasteiger partial charge in [-0.2, -0.15) is 4.31 Å². The minimum absolute atomic E-state index is 0.0274. The molecule has 2 rings (SSSR count). The number of nitrogens with one attached hydrogen (secondary N) is 2. The van der Waals surface area contributed by atoms with Crippen molar-refractivity contribution in [2.75, 3.05) is 13.1 Å². The Morgan fingerprint density at radius 3 is 2.34 bits per heavy atom. The first-order valence-corrected chi connectivity index (χ1v) is 10.7. The predicted molar refractivity (Wildman–Crippen MR) is 112 cm³/mol. The largest absolute Gasteiger partial charge is 0.269 e. The average Bonchev–Trinajstić information content (AvgIpc) is 2.72. The van der Waals surface area contributed by atoms with E-state index in [0.717, 1.165) is 11.1 Å². The summed E-state index contributed by atoms with van der Waals surface area (Å²) in [6.45, 7) is 6.09. The number of amides is 2. The van der Waals surface area contributed by atoms with E-state index < -0.39 is 21.8 Å². The molecule has 8 heteroatoms. The first kappa shape index (κ1) is 22.3. The van der Waals surface area contributed by atoms with Gasteiger partial charge in [0.05, 0.1) is 4.90 Å². The first-order chi connectivity index (χ1) is 13.8. The number of nitrogens with zero attached hydrogens (tertiary/aromatic N) is 1. The second-order valence-electron chi connectivity index (χ2n) is 6.25. The quantitative estimate of drug-likeness (QED) is 0.536. The van der Waals surface area contributed by atoms with Crippen LogP contribution in [0.3, 0.4) is 0 Å². The number of aryl methyl sites for hydroxylation is 1. The smallest absolute Gasteiger partial charge is 0.268 e. The van der Waals surface area contributed by atoms with Crippen LogP contribution in [0.1, 0.15) is 35.3 Å². The lowest BCUT2D eigenvalue weighted by molar-refractivity contribution is -0.117. The van der Waals surface area contributed by atoms with Crippen LogP contribution in [0.5, 0.6) is 0 Å². The molecule has 0 radical (unpaired) electrons. The van der Waals surface area contributed by atoms with Crippen molar-refractivity contribution >= 4 is 27.9 Å². The molecule has 0 saturated carbocycles. The molecule has 0 atom stereocenters. The van der Waals surface area contributed by atoms with Crippen LogP contribution in [-0.4, -0.2) is 37.6 Å². The van der Waals surface area contributed by atoms with Crippen molar-refractivity contribution in [3.05, 3.63) is 71.3 Å². The molecule has 0 aliphatic heterocycles. The third-order valence-electron chi connectivity index (χ3n) is 4.34. The van der Waals surface area contributed by atoms with Crippen LogP contribution < -0.4 is 10.9 Å². The van der Waals surface area contributed by atoms with E-state index in [-0.39, 0.29) is 10.5 Å². The summed E-state index contributed by atoms with van der Waals surface area (Å²) in [5.74, 6) is -1.12. The SMILES string of the molecule is CCN(CC)S(=O)(=O)c1cccc(C(=O)NNC(=O)/C=C/c2ccccc2C)c1. The summed E-state index contributed by atoms with van der Waals surface area (Å²) in [5.41, 5.74) is 6.61. The number of carbonyl (C=O) groups is 2. The second-order valence-corrected chi connectivity index (χ2v) is 8.19. The summed E-state index contributed by atoms with van der Waals surface area (Å²) in [6.07, 6.45) is 2.96. The van der Waals surface area contributed by atoms with Crippen molar-refractivity contribution in [1.82, 2.24) is 15.2 Å². The van der Waals surface area contributed by atoms with Crippen molar-refractivity contribution in [1.29, 1.82) is 0 Å². The number of hydrogen-bond donors (Lipinski definition) is 2. The highest BCUT2D eigenvalue weighted by Gasteiger charge is 2.22. The summed E-state index contributed by atoms with van der Waals surface area (Å²) in [7, 11) is -3.68.